The van der Waals surface area contributed by atoms with Crippen LogP contribution < -0.4 is 10.6 Å². The minimum absolute atomic E-state index is 0.209. The number of rotatable bonds is 10. The van der Waals surface area contributed by atoms with Crippen LogP contribution in [-0.4, -0.2) is 49.0 Å². The van der Waals surface area contributed by atoms with Crippen LogP contribution in [0.2, 0.25) is 0 Å². The second kappa shape index (κ2) is 9.71. The van der Waals surface area contributed by atoms with E-state index >= 15 is 0 Å². The van der Waals surface area contributed by atoms with E-state index in [1.54, 1.807) is 6.07 Å². The number of halogens is 2. The Labute approximate surface area is 121 Å². The maximum atomic E-state index is 11.9. The lowest BCUT2D eigenvalue weighted by Crippen LogP contribution is -2.14. The predicted octanol–water partition coefficient (Wildman–Crippen LogP) is 2.71. The van der Waals surface area contributed by atoms with E-state index in [9.17, 15) is 8.78 Å². The topological polar surface area (TPSA) is 59.1 Å². The number of hydrogen-bond acceptors (Lipinski definition) is 6. The fraction of sp³-hybridized carbons (Fsp3) is 0.667. The summed E-state index contributed by atoms with van der Waals surface area (Å²) in [4.78, 5) is 8.62. The van der Waals surface area contributed by atoms with E-state index in [1.807, 2.05) is 6.26 Å². The summed E-state index contributed by atoms with van der Waals surface area (Å²) in [6.45, 7) is 3.00. The van der Waals surface area contributed by atoms with Gasteiger partial charge < -0.3 is 15.4 Å². The van der Waals surface area contributed by atoms with Crippen molar-refractivity contribution in [1.82, 2.24) is 9.97 Å². The van der Waals surface area contributed by atoms with Gasteiger partial charge in [-0.15, -0.1) is 0 Å². The largest absolute Gasteiger partial charge is 0.374 e. The number of alkyl halides is 2. The minimum Gasteiger partial charge on any atom is -0.374 e. The summed E-state index contributed by atoms with van der Waals surface area (Å²) in [5.41, 5.74) is 0. The van der Waals surface area contributed by atoms with Crippen LogP contribution in [-0.2, 0) is 4.74 Å². The molecule has 0 aliphatic heterocycles. The van der Waals surface area contributed by atoms with Crippen molar-refractivity contribution in [3.05, 3.63) is 6.07 Å². The van der Waals surface area contributed by atoms with Gasteiger partial charge in [0.05, 0.1) is 6.61 Å². The molecule has 0 aliphatic rings. The Bertz CT molecular complexity index is 396. The molecule has 1 heterocycles. The van der Waals surface area contributed by atoms with Crippen LogP contribution in [0.15, 0.2) is 11.2 Å². The molecule has 0 unspecified atom stereocenters. The second-order valence-electron chi connectivity index (χ2n) is 3.94. The van der Waals surface area contributed by atoms with Crippen LogP contribution in [0.5, 0.6) is 0 Å². The van der Waals surface area contributed by atoms with Crippen molar-refractivity contribution in [3.63, 3.8) is 0 Å². The lowest BCUT2D eigenvalue weighted by Gasteiger charge is -2.10. The molecule has 0 spiro atoms. The Balaban J connectivity index is 2.46. The number of aromatic nitrogens is 2. The van der Waals surface area contributed by atoms with Gasteiger partial charge in [-0.05, 0) is 12.7 Å². The normalized spacial score (nSPS) is 10.8. The van der Waals surface area contributed by atoms with E-state index in [4.69, 9.17) is 4.74 Å². The molecule has 1 aromatic rings. The van der Waals surface area contributed by atoms with Gasteiger partial charge in [0.15, 0.2) is 5.16 Å². The molecule has 0 radical (unpaired) electrons. The monoisotopic (exact) mass is 306 g/mol. The van der Waals surface area contributed by atoms with Crippen LogP contribution in [0.4, 0.5) is 20.4 Å². The van der Waals surface area contributed by atoms with Crippen LogP contribution in [0.25, 0.3) is 0 Å². The smallest absolute Gasteiger partial charge is 0.261 e. The second-order valence-corrected chi connectivity index (χ2v) is 4.72. The van der Waals surface area contributed by atoms with E-state index < -0.39 is 13.0 Å². The average Bonchev–Trinajstić information content (AvgIpc) is 2.44. The molecule has 1 aromatic heterocycles. The third-order valence-electron chi connectivity index (χ3n) is 2.24. The fourth-order valence-corrected chi connectivity index (χ4v) is 1.75. The van der Waals surface area contributed by atoms with E-state index in [2.05, 4.69) is 27.5 Å². The molecule has 0 saturated heterocycles. The molecule has 8 heteroatoms. The first kappa shape index (κ1) is 16.9. The molecule has 20 heavy (non-hydrogen) atoms. The van der Waals surface area contributed by atoms with E-state index in [1.165, 1.54) is 11.8 Å². The Morgan fingerprint density at radius 1 is 1.25 bits per heavy atom. The molecule has 1 rings (SSSR count). The number of anilines is 2. The van der Waals surface area contributed by atoms with Crippen LogP contribution in [0.3, 0.4) is 0 Å². The Morgan fingerprint density at radius 2 is 1.90 bits per heavy atom. The average molecular weight is 306 g/mol. The molecule has 0 bridgehead atoms. The van der Waals surface area contributed by atoms with Gasteiger partial charge in [-0.3, -0.25) is 0 Å². The van der Waals surface area contributed by atoms with Crippen molar-refractivity contribution >= 4 is 23.4 Å². The maximum absolute atomic E-state index is 11.9. The summed E-state index contributed by atoms with van der Waals surface area (Å²) in [7, 11) is 0. The molecule has 2 N–H and O–H groups in total. The minimum atomic E-state index is -2.43. The van der Waals surface area contributed by atoms with Gasteiger partial charge >= 0.3 is 0 Å². The summed E-state index contributed by atoms with van der Waals surface area (Å²) in [6.07, 6.45) is 0.471. The molecule has 5 nitrogen and oxygen atoms in total. The summed E-state index contributed by atoms with van der Waals surface area (Å²) in [5, 5.41) is 6.88. The van der Waals surface area contributed by atoms with Crippen molar-refractivity contribution in [2.45, 2.75) is 24.9 Å². The summed E-state index contributed by atoms with van der Waals surface area (Å²) in [5.74, 6) is 1.41. The molecule has 0 saturated carbocycles. The highest BCUT2D eigenvalue weighted by atomic mass is 32.2. The first-order valence-corrected chi connectivity index (χ1v) is 7.65. The number of ether oxygens (including phenoxy) is 1. The van der Waals surface area contributed by atoms with Crippen molar-refractivity contribution in [2.24, 2.45) is 0 Å². The van der Waals surface area contributed by atoms with Crippen molar-refractivity contribution in [1.29, 1.82) is 0 Å². The Morgan fingerprint density at radius 3 is 2.45 bits per heavy atom. The predicted molar refractivity (Wildman–Crippen MR) is 77.9 cm³/mol. The van der Waals surface area contributed by atoms with Crippen LogP contribution in [0.1, 0.15) is 13.3 Å². The fourth-order valence-electron chi connectivity index (χ4n) is 1.37. The zero-order valence-electron chi connectivity index (χ0n) is 11.7. The van der Waals surface area contributed by atoms with Crippen LogP contribution in [0, 0.1) is 0 Å². The van der Waals surface area contributed by atoms with Crippen LogP contribution >= 0.6 is 11.8 Å². The van der Waals surface area contributed by atoms with E-state index in [0.717, 1.165) is 18.8 Å². The molecular formula is C12H20F2N4OS. The van der Waals surface area contributed by atoms with Crippen molar-refractivity contribution in [3.8, 4) is 0 Å². The highest BCUT2D eigenvalue weighted by Crippen LogP contribution is 2.17. The maximum Gasteiger partial charge on any atom is 0.261 e. The van der Waals surface area contributed by atoms with E-state index in [0.29, 0.717) is 17.5 Å². The summed E-state index contributed by atoms with van der Waals surface area (Å²) < 4.78 is 28.5. The van der Waals surface area contributed by atoms with Gasteiger partial charge in [0.2, 0.25) is 0 Å². The standard InChI is InChI=1S/C12H20F2N4OS/c1-3-4-15-10-7-11(18-12(17-10)20-2)16-5-6-19-8-9(13)14/h7,9H,3-6,8H2,1-2H3,(H2,15,16,17,18). The van der Waals surface area contributed by atoms with Crippen molar-refractivity contribution < 1.29 is 13.5 Å². The summed E-state index contributed by atoms with van der Waals surface area (Å²) >= 11 is 1.45. The molecule has 0 fully saturated rings. The molecule has 114 valence electrons. The van der Waals surface area contributed by atoms with Crippen molar-refractivity contribution in [2.75, 3.05) is 43.2 Å². The first-order valence-electron chi connectivity index (χ1n) is 6.42. The Kier molecular flexibility index (Phi) is 8.20. The Hall–Kier alpha value is -1.15. The number of nitrogens with zero attached hydrogens (tertiary/aromatic N) is 2. The molecule has 0 atom stereocenters. The molecule has 0 aromatic carbocycles. The number of nitrogens with one attached hydrogen (secondary N) is 2. The highest BCUT2D eigenvalue weighted by Gasteiger charge is 2.04. The quantitative estimate of drug-likeness (QED) is 0.394. The van der Waals surface area contributed by atoms with Gasteiger partial charge in [0.25, 0.3) is 6.43 Å². The third kappa shape index (κ3) is 6.85. The number of hydrogen-bond donors (Lipinski definition) is 2. The lowest BCUT2D eigenvalue weighted by molar-refractivity contribution is 0.0215. The third-order valence-corrected chi connectivity index (χ3v) is 2.79. The van der Waals surface area contributed by atoms with Gasteiger partial charge in [0.1, 0.15) is 18.2 Å². The highest BCUT2D eigenvalue weighted by molar-refractivity contribution is 7.98. The molecule has 0 amide bonds. The summed E-state index contributed by atoms with van der Waals surface area (Å²) in [6, 6.07) is 1.79. The van der Waals surface area contributed by atoms with Gasteiger partial charge in [-0.25, -0.2) is 18.7 Å². The van der Waals surface area contributed by atoms with Gasteiger partial charge in [0, 0.05) is 19.2 Å². The lowest BCUT2D eigenvalue weighted by atomic mass is 10.4. The van der Waals surface area contributed by atoms with Gasteiger partial charge in [-0.2, -0.15) is 0 Å². The molecular weight excluding hydrogens is 286 g/mol. The zero-order valence-corrected chi connectivity index (χ0v) is 12.5. The SMILES string of the molecule is CCCNc1cc(NCCOCC(F)F)nc(SC)n1. The zero-order chi connectivity index (χ0) is 14.8. The first-order chi connectivity index (χ1) is 9.65. The van der Waals surface area contributed by atoms with E-state index in [-0.39, 0.29) is 6.61 Å². The van der Waals surface area contributed by atoms with Gasteiger partial charge in [-0.1, -0.05) is 18.7 Å². The molecule has 0 aliphatic carbocycles. The number of thioether (sulfide) groups is 1.